The number of benzene rings is 4. The van der Waals surface area contributed by atoms with Crippen LogP contribution in [0, 0.1) is 26.6 Å². The van der Waals surface area contributed by atoms with Crippen molar-refractivity contribution in [3.05, 3.63) is 160 Å². The molecule has 5 aromatic rings. The van der Waals surface area contributed by atoms with Gasteiger partial charge in [0.2, 0.25) is 11.8 Å². The molecule has 1 aliphatic rings. The van der Waals surface area contributed by atoms with Gasteiger partial charge < -0.3 is 19.1 Å². The highest BCUT2D eigenvalue weighted by atomic mass is 35.5. The largest absolute Gasteiger partial charge is 0.490 e. The lowest BCUT2D eigenvalue weighted by atomic mass is 10.0. The molecule has 0 unspecified atom stereocenters. The second-order valence-corrected chi connectivity index (χ2v) is 13.5. The van der Waals surface area contributed by atoms with Gasteiger partial charge >= 0.3 is 0 Å². The first kappa shape index (κ1) is 39.8. The maximum Gasteiger partial charge on any atom is 0.246 e. The van der Waals surface area contributed by atoms with E-state index in [1.807, 2.05) is 49.1 Å². The number of ether oxygens (including phenoxy) is 3. The molecule has 1 amide bonds. The predicted octanol–water partition coefficient (Wildman–Crippen LogP) is 9.78. The van der Waals surface area contributed by atoms with Gasteiger partial charge in [-0.25, -0.2) is 9.37 Å². The van der Waals surface area contributed by atoms with Gasteiger partial charge in [0.05, 0.1) is 6.20 Å². The number of piperazine rings is 1. The van der Waals surface area contributed by atoms with Crippen molar-refractivity contribution in [1.82, 2.24) is 14.8 Å². The van der Waals surface area contributed by atoms with Crippen molar-refractivity contribution in [3.63, 3.8) is 0 Å². The van der Waals surface area contributed by atoms with Crippen LogP contribution in [0.5, 0.6) is 23.1 Å². The molecule has 1 aliphatic heterocycles. The number of halogens is 2. The zero-order valence-electron chi connectivity index (χ0n) is 31.3. The molecule has 1 fully saturated rings. The van der Waals surface area contributed by atoms with Crippen molar-refractivity contribution >= 4 is 30.0 Å². The minimum absolute atomic E-state index is 0. The van der Waals surface area contributed by atoms with Gasteiger partial charge in [-0.2, -0.15) is 0 Å². The summed E-state index contributed by atoms with van der Waals surface area (Å²) in [7, 11) is 0. The smallest absolute Gasteiger partial charge is 0.246 e. The number of aryl methyl sites for hydroxylation is 3. The topological polar surface area (TPSA) is 64.1 Å². The average Bonchev–Trinajstić information content (AvgIpc) is 3.17. The van der Waals surface area contributed by atoms with Gasteiger partial charge in [-0.15, -0.1) is 12.4 Å². The lowest BCUT2D eigenvalue weighted by Crippen LogP contribution is -2.47. The highest BCUT2D eigenvalue weighted by molar-refractivity contribution is 5.92. The van der Waals surface area contributed by atoms with E-state index in [4.69, 9.17) is 14.2 Å². The van der Waals surface area contributed by atoms with Crippen LogP contribution < -0.4 is 14.2 Å². The highest BCUT2D eigenvalue weighted by Crippen LogP contribution is 2.30. The lowest BCUT2D eigenvalue weighted by molar-refractivity contribution is -0.127. The van der Waals surface area contributed by atoms with Crippen molar-refractivity contribution in [3.8, 4) is 23.1 Å². The molecule has 0 bridgehead atoms. The van der Waals surface area contributed by atoms with Gasteiger partial charge in [0.1, 0.15) is 36.3 Å². The second kappa shape index (κ2) is 19.1. The summed E-state index contributed by atoms with van der Waals surface area (Å²) >= 11 is 0. The van der Waals surface area contributed by atoms with E-state index < -0.39 is 0 Å². The van der Waals surface area contributed by atoms with Crippen LogP contribution in [0.4, 0.5) is 4.39 Å². The van der Waals surface area contributed by atoms with Gasteiger partial charge in [0, 0.05) is 44.9 Å². The second-order valence-electron chi connectivity index (χ2n) is 13.5. The maximum atomic E-state index is 13.1. The molecule has 4 aromatic carbocycles. The average molecular weight is 748 g/mol. The molecule has 0 atom stereocenters. The number of carbonyl (C=O) groups is 1. The monoisotopic (exact) mass is 747 g/mol. The van der Waals surface area contributed by atoms with Crippen LogP contribution in [0.25, 0.3) is 11.6 Å². The third kappa shape index (κ3) is 11.3. The molecule has 0 saturated carbocycles. The first-order chi connectivity index (χ1) is 25.7. The Kier molecular flexibility index (Phi) is 14.0. The Morgan fingerprint density at radius 3 is 2.09 bits per heavy atom. The van der Waals surface area contributed by atoms with Gasteiger partial charge in [-0.3, -0.25) is 9.69 Å². The Hall–Kier alpha value is -5.44. The van der Waals surface area contributed by atoms with E-state index in [1.54, 1.807) is 36.5 Å². The van der Waals surface area contributed by atoms with Gasteiger partial charge in [-0.1, -0.05) is 54.1 Å². The quantitative estimate of drug-likeness (QED) is 0.112. The van der Waals surface area contributed by atoms with Crippen molar-refractivity contribution in [1.29, 1.82) is 0 Å². The number of pyridine rings is 1. The Morgan fingerprint density at radius 1 is 0.796 bits per heavy atom. The standard InChI is InChI=1S/C45H46FN3O4.ClH/c1-32-5-16-41(17-6-32)51-26-21-33(2)39-12-7-36(8-13-39)30-48-22-24-49(25-23-48)44(50)20-11-38-27-34(3)45(35(4)28-38)53-43-19-18-42(29-47-43)52-31-37-9-14-40(46)15-10-37;/h5-21,27-29H,22-26,30-31H2,1-4H3;1H/b20-11+,33-21+;. The van der Waals surface area contributed by atoms with Crippen LogP contribution in [0.3, 0.4) is 0 Å². The number of carbonyl (C=O) groups excluding carboxylic acids is 1. The Bertz CT molecular complexity index is 2020. The molecule has 0 radical (unpaired) electrons. The zero-order valence-corrected chi connectivity index (χ0v) is 32.1. The lowest BCUT2D eigenvalue weighted by Gasteiger charge is -2.34. The summed E-state index contributed by atoms with van der Waals surface area (Å²) in [4.78, 5) is 21.8. The Labute approximate surface area is 324 Å². The first-order valence-corrected chi connectivity index (χ1v) is 18.0. The fourth-order valence-electron chi connectivity index (χ4n) is 6.15. The summed E-state index contributed by atoms with van der Waals surface area (Å²) in [5.41, 5.74) is 8.53. The van der Waals surface area contributed by atoms with Crippen LogP contribution in [-0.4, -0.2) is 53.5 Å². The van der Waals surface area contributed by atoms with Gasteiger partial charge in [0.25, 0.3) is 0 Å². The van der Waals surface area contributed by atoms with E-state index in [-0.39, 0.29) is 24.1 Å². The van der Waals surface area contributed by atoms with Crippen LogP contribution >= 0.6 is 12.4 Å². The summed E-state index contributed by atoms with van der Waals surface area (Å²) in [6, 6.07) is 30.6. The third-order valence-electron chi connectivity index (χ3n) is 9.30. The fraction of sp³-hybridized carbons (Fsp3) is 0.244. The van der Waals surface area contributed by atoms with Crippen LogP contribution in [0.15, 0.2) is 115 Å². The Balaban J connectivity index is 0.00000561. The SMILES string of the molecule is C/C(=C\COc1ccc(C)cc1)c1ccc(CN2CCN(C(=O)/C=C/c3cc(C)c(Oc4ccc(OCc5ccc(F)cc5)cn4)c(C)c3)CC2)cc1.Cl. The summed E-state index contributed by atoms with van der Waals surface area (Å²) in [5, 5.41) is 0. The predicted molar refractivity (Wildman–Crippen MR) is 216 cm³/mol. The van der Waals surface area contributed by atoms with E-state index in [9.17, 15) is 9.18 Å². The minimum Gasteiger partial charge on any atom is -0.490 e. The normalized spacial score (nSPS) is 13.4. The van der Waals surface area contributed by atoms with E-state index in [0.29, 0.717) is 37.9 Å². The first-order valence-electron chi connectivity index (χ1n) is 18.0. The summed E-state index contributed by atoms with van der Waals surface area (Å²) in [6.45, 7) is 12.9. The van der Waals surface area contributed by atoms with Crippen molar-refractivity contribution in [2.45, 2.75) is 40.8 Å². The fourth-order valence-corrected chi connectivity index (χ4v) is 6.15. The number of aromatic nitrogens is 1. The molecule has 54 heavy (non-hydrogen) atoms. The van der Waals surface area contributed by atoms with Crippen LogP contribution in [0.2, 0.25) is 0 Å². The summed E-state index contributed by atoms with van der Waals surface area (Å²) in [6.07, 6.45) is 7.25. The molecule has 6 rings (SSSR count). The number of rotatable bonds is 13. The molecule has 0 aliphatic carbocycles. The maximum absolute atomic E-state index is 13.1. The van der Waals surface area contributed by atoms with E-state index in [0.717, 1.165) is 53.4 Å². The molecular formula is C45H47ClFN3O4. The van der Waals surface area contributed by atoms with Gasteiger partial charge in [0.15, 0.2) is 0 Å². The molecule has 9 heteroatoms. The zero-order chi connectivity index (χ0) is 37.2. The van der Waals surface area contributed by atoms with Gasteiger partial charge in [-0.05, 0) is 121 Å². The summed E-state index contributed by atoms with van der Waals surface area (Å²) in [5.74, 6) is 2.38. The highest BCUT2D eigenvalue weighted by Gasteiger charge is 2.20. The van der Waals surface area contributed by atoms with Crippen LogP contribution in [0.1, 0.15) is 45.9 Å². The molecular weight excluding hydrogens is 701 g/mol. The van der Waals surface area contributed by atoms with Crippen molar-refractivity contribution in [2.75, 3.05) is 32.8 Å². The molecule has 2 heterocycles. The minimum atomic E-state index is -0.278. The summed E-state index contributed by atoms with van der Waals surface area (Å²) < 4.78 is 30.9. The molecule has 1 saturated heterocycles. The molecule has 1 aromatic heterocycles. The molecule has 0 N–H and O–H groups in total. The number of allylic oxidation sites excluding steroid dienone is 1. The number of hydrogen-bond acceptors (Lipinski definition) is 6. The van der Waals surface area contributed by atoms with Crippen molar-refractivity contribution in [2.24, 2.45) is 0 Å². The Morgan fingerprint density at radius 2 is 1.44 bits per heavy atom. The van der Waals surface area contributed by atoms with E-state index in [2.05, 4.69) is 66.2 Å². The number of nitrogens with zero attached hydrogens (tertiary/aromatic N) is 3. The molecule has 7 nitrogen and oxygen atoms in total. The third-order valence-corrected chi connectivity index (χ3v) is 9.30. The number of amides is 1. The molecule has 280 valence electrons. The van der Waals surface area contributed by atoms with E-state index in [1.165, 1.54) is 34.4 Å². The van der Waals surface area contributed by atoms with Crippen molar-refractivity contribution < 1.29 is 23.4 Å². The van der Waals surface area contributed by atoms with E-state index >= 15 is 0 Å². The van der Waals surface area contributed by atoms with Crippen LogP contribution in [-0.2, 0) is 17.9 Å². The molecule has 0 spiro atoms. The number of hydrogen-bond donors (Lipinski definition) is 0.